The fourth-order valence-corrected chi connectivity index (χ4v) is 2.13. The zero-order valence-corrected chi connectivity index (χ0v) is 14.9. The van der Waals surface area contributed by atoms with Gasteiger partial charge in [0.1, 0.15) is 5.57 Å². The van der Waals surface area contributed by atoms with Crippen LogP contribution in [0.4, 0.5) is 11.4 Å². The molecule has 0 radical (unpaired) electrons. The van der Waals surface area contributed by atoms with E-state index in [9.17, 15) is 9.59 Å². The molecule has 6 heteroatoms. The van der Waals surface area contributed by atoms with E-state index in [1.807, 2.05) is 50.2 Å². The summed E-state index contributed by atoms with van der Waals surface area (Å²) in [5.74, 6) is -1.83. The standard InChI is InChI=1S/C20H22N2O4/c1-4-15-8-6-10-17(12-15)21-25-19(23)14(3)20(24)26-22-18-11-7-9-16(5-2)13-18/h6-13,21-22H,3-5H2,1-2H3. The Balaban J connectivity index is 1.84. The molecular weight excluding hydrogens is 332 g/mol. The number of hydrogen-bond acceptors (Lipinski definition) is 6. The van der Waals surface area contributed by atoms with Gasteiger partial charge in [-0.1, -0.05) is 44.7 Å². The van der Waals surface area contributed by atoms with Crippen LogP contribution in [0.3, 0.4) is 0 Å². The van der Waals surface area contributed by atoms with Gasteiger partial charge in [-0.25, -0.2) is 20.5 Å². The second kappa shape index (κ2) is 9.27. The zero-order chi connectivity index (χ0) is 18.9. The van der Waals surface area contributed by atoms with Gasteiger partial charge in [-0.05, 0) is 48.2 Å². The first-order valence-corrected chi connectivity index (χ1v) is 8.34. The number of nitrogens with one attached hydrogen (secondary N) is 2. The van der Waals surface area contributed by atoms with E-state index in [0.717, 1.165) is 24.0 Å². The Labute approximate surface area is 152 Å². The molecule has 2 aromatic rings. The summed E-state index contributed by atoms with van der Waals surface area (Å²) < 4.78 is 0. The molecule has 0 aromatic heterocycles. The molecule has 0 atom stereocenters. The van der Waals surface area contributed by atoms with Crippen LogP contribution in [-0.2, 0) is 32.1 Å². The van der Waals surface area contributed by atoms with Gasteiger partial charge in [0.25, 0.3) is 0 Å². The predicted molar refractivity (Wildman–Crippen MR) is 100 cm³/mol. The number of benzene rings is 2. The van der Waals surface area contributed by atoms with Gasteiger partial charge in [-0.2, -0.15) is 0 Å². The highest BCUT2D eigenvalue weighted by atomic mass is 16.7. The fraction of sp³-hybridized carbons (Fsp3) is 0.200. The molecule has 0 heterocycles. The number of hydrogen-bond donors (Lipinski definition) is 2. The lowest BCUT2D eigenvalue weighted by Crippen LogP contribution is -2.21. The first-order valence-electron chi connectivity index (χ1n) is 8.34. The van der Waals surface area contributed by atoms with Crippen LogP contribution in [0.25, 0.3) is 0 Å². The average Bonchev–Trinajstić information content (AvgIpc) is 2.69. The summed E-state index contributed by atoms with van der Waals surface area (Å²) in [6, 6.07) is 14.8. The van der Waals surface area contributed by atoms with Crippen molar-refractivity contribution in [3.63, 3.8) is 0 Å². The van der Waals surface area contributed by atoms with Gasteiger partial charge in [0.2, 0.25) is 0 Å². The third-order valence-electron chi connectivity index (χ3n) is 3.69. The fourth-order valence-electron chi connectivity index (χ4n) is 2.13. The van der Waals surface area contributed by atoms with Crippen LogP contribution in [0.1, 0.15) is 25.0 Å². The van der Waals surface area contributed by atoms with Gasteiger partial charge in [0, 0.05) is 0 Å². The van der Waals surface area contributed by atoms with Crippen molar-refractivity contribution in [1.29, 1.82) is 0 Å². The third kappa shape index (κ3) is 5.37. The third-order valence-corrected chi connectivity index (χ3v) is 3.69. The Bertz CT molecular complexity index is 736. The molecule has 2 N–H and O–H groups in total. The number of rotatable bonds is 8. The van der Waals surface area contributed by atoms with E-state index >= 15 is 0 Å². The topological polar surface area (TPSA) is 76.7 Å². The van der Waals surface area contributed by atoms with Crippen molar-refractivity contribution in [2.75, 3.05) is 11.0 Å². The highest BCUT2D eigenvalue weighted by Gasteiger charge is 2.20. The first kappa shape index (κ1) is 19.1. The van der Waals surface area contributed by atoms with Crippen molar-refractivity contribution in [2.24, 2.45) is 0 Å². The minimum absolute atomic E-state index is 0.428. The van der Waals surface area contributed by atoms with Crippen LogP contribution in [0, 0.1) is 0 Å². The highest BCUT2D eigenvalue weighted by Crippen LogP contribution is 2.13. The lowest BCUT2D eigenvalue weighted by Gasteiger charge is -2.10. The normalized spacial score (nSPS) is 9.92. The molecule has 0 saturated heterocycles. The smallest absolute Gasteiger partial charge is 0.338 e. The molecule has 0 aliphatic carbocycles. The van der Waals surface area contributed by atoms with E-state index in [1.165, 1.54) is 0 Å². The number of carbonyl (C=O) groups is 2. The van der Waals surface area contributed by atoms with Crippen molar-refractivity contribution in [3.05, 3.63) is 71.8 Å². The molecule has 136 valence electrons. The van der Waals surface area contributed by atoms with Gasteiger partial charge >= 0.3 is 11.9 Å². The van der Waals surface area contributed by atoms with Crippen LogP contribution < -0.4 is 11.0 Å². The second-order valence-electron chi connectivity index (χ2n) is 5.57. The van der Waals surface area contributed by atoms with Crippen molar-refractivity contribution in [1.82, 2.24) is 0 Å². The molecule has 0 fully saturated rings. The van der Waals surface area contributed by atoms with Crippen LogP contribution in [0.5, 0.6) is 0 Å². The predicted octanol–water partition coefficient (Wildman–Crippen LogP) is 3.81. The monoisotopic (exact) mass is 354 g/mol. The van der Waals surface area contributed by atoms with E-state index in [2.05, 4.69) is 17.5 Å². The van der Waals surface area contributed by atoms with Gasteiger partial charge in [-0.3, -0.25) is 0 Å². The van der Waals surface area contributed by atoms with Crippen LogP contribution in [0.15, 0.2) is 60.7 Å². The molecule has 0 bridgehead atoms. The lowest BCUT2D eigenvalue weighted by molar-refractivity contribution is -0.144. The van der Waals surface area contributed by atoms with Gasteiger partial charge in [0.15, 0.2) is 0 Å². The molecular formula is C20H22N2O4. The van der Waals surface area contributed by atoms with Crippen molar-refractivity contribution in [2.45, 2.75) is 26.7 Å². The van der Waals surface area contributed by atoms with Gasteiger partial charge < -0.3 is 9.68 Å². The van der Waals surface area contributed by atoms with Crippen molar-refractivity contribution >= 4 is 23.3 Å². The summed E-state index contributed by atoms with van der Waals surface area (Å²) in [6.45, 7) is 7.46. The summed E-state index contributed by atoms with van der Waals surface area (Å²) >= 11 is 0. The van der Waals surface area contributed by atoms with Crippen LogP contribution in [0.2, 0.25) is 0 Å². The summed E-state index contributed by atoms with van der Waals surface area (Å²) in [5, 5.41) is 0. The maximum Gasteiger partial charge on any atom is 0.369 e. The van der Waals surface area contributed by atoms with E-state index in [4.69, 9.17) is 9.68 Å². The van der Waals surface area contributed by atoms with Gasteiger partial charge in [-0.15, -0.1) is 0 Å². The first-order chi connectivity index (χ1) is 12.5. The maximum atomic E-state index is 11.9. The number of anilines is 2. The number of aryl methyl sites for hydroxylation is 2. The Hall–Kier alpha value is -3.28. The average molecular weight is 354 g/mol. The molecule has 26 heavy (non-hydrogen) atoms. The zero-order valence-electron chi connectivity index (χ0n) is 14.9. The van der Waals surface area contributed by atoms with E-state index < -0.39 is 17.5 Å². The summed E-state index contributed by atoms with van der Waals surface area (Å²) in [6.07, 6.45) is 1.71. The van der Waals surface area contributed by atoms with E-state index in [0.29, 0.717) is 11.4 Å². The Morgan fingerprint density at radius 2 is 1.27 bits per heavy atom. The van der Waals surface area contributed by atoms with Crippen molar-refractivity contribution < 1.29 is 19.3 Å². The molecule has 0 saturated carbocycles. The van der Waals surface area contributed by atoms with Crippen LogP contribution >= 0.6 is 0 Å². The maximum absolute atomic E-state index is 11.9. The Kier molecular flexibility index (Phi) is 6.79. The summed E-state index contributed by atoms with van der Waals surface area (Å²) in [4.78, 5) is 33.6. The minimum Gasteiger partial charge on any atom is -0.338 e. The highest BCUT2D eigenvalue weighted by molar-refractivity contribution is 6.13. The van der Waals surface area contributed by atoms with E-state index in [1.54, 1.807) is 12.1 Å². The van der Waals surface area contributed by atoms with E-state index in [-0.39, 0.29) is 0 Å². The largest absolute Gasteiger partial charge is 0.369 e. The second-order valence-corrected chi connectivity index (χ2v) is 5.57. The molecule has 0 aliphatic rings. The SMILES string of the molecule is C=C(C(=O)ONc1cccc(CC)c1)C(=O)ONc1cccc(CC)c1. The molecule has 2 aromatic carbocycles. The molecule has 0 amide bonds. The van der Waals surface area contributed by atoms with Gasteiger partial charge in [0.05, 0.1) is 11.4 Å². The molecule has 0 aliphatic heterocycles. The summed E-state index contributed by atoms with van der Waals surface area (Å²) in [5.41, 5.74) is 7.96. The molecule has 2 rings (SSSR count). The van der Waals surface area contributed by atoms with Crippen molar-refractivity contribution in [3.8, 4) is 0 Å². The Morgan fingerprint density at radius 1 is 0.846 bits per heavy atom. The number of carbonyl (C=O) groups excluding carboxylic acids is 2. The summed E-state index contributed by atoms with van der Waals surface area (Å²) in [7, 11) is 0. The Morgan fingerprint density at radius 3 is 1.65 bits per heavy atom. The lowest BCUT2D eigenvalue weighted by atomic mass is 10.1. The minimum atomic E-state index is -0.916. The quantitative estimate of drug-likeness (QED) is 0.325. The van der Waals surface area contributed by atoms with Crippen LogP contribution in [-0.4, -0.2) is 11.9 Å². The molecule has 6 nitrogen and oxygen atoms in total. The molecule has 0 spiro atoms. The molecule has 0 unspecified atom stereocenters.